The highest BCUT2D eigenvalue weighted by molar-refractivity contribution is 8.17. The van der Waals surface area contributed by atoms with Crippen molar-refractivity contribution in [2.24, 2.45) is 4.99 Å². The summed E-state index contributed by atoms with van der Waals surface area (Å²) in [5, 5.41) is 1.19. The van der Waals surface area contributed by atoms with Crippen LogP contribution in [0.2, 0.25) is 5.31 Å². The first-order valence-electron chi connectivity index (χ1n) is 7.02. The van der Waals surface area contributed by atoms with Gasteiger partial charge in [-0.1, -0.05) is 30.4 Å². The van der Waals surface area contributed by atoms with E-state index in [1.54, 1.807) is 0 Å². The molecule has 2 heterocycles. The second-order valence-corrected chi connectivity index (χ2v) is 7.43. The third-order valence-electron chi connectivity index (χ3n) is 4.21. The molecule has 96 valence electrons. The van der Waals surface area contributed by atoms with Crippen LogP contribution in [0.5, 0.6) is 0 Å². The Kier molecular flexibility index (Phi) is 3.04. The Morgan fingerprint density at radius 3 is 3.00 bits per heavy atom. The van der Waals surface area contributed by atoms with Crippen LogP contribution in [-0.4, -0.2) is 30.0 Å². The van der Waals surface area contributed by atoms with Crippen molar-refractivity contribution in [2.75, 3.05) is 0 Å². The smallest absolute Gasteiger partial charge is 0.168 e. The highest BCUT2D eigenvalue weighted by atomic mass is 32.2. The second-order valence-electron chi connectivity index (χ2n) is 6.37. The zero-order valence-electron chi connectivity index (χ0n) is 11.6. The van der Waals surface area contributed by atoms with Crippen molar-refractivity contribution in [2.45, 2.75) is 70.3 Å². The lowest BCUT2D eigenvalue weighted by molar-refractivity contribution is 0.332. The van der Waals surface area contributed by atoms with Crippen molar-refractivity contribution in [3.05, 3.63) is 10.6 Å². The Bertz CT molecular complexity index is 428. The molecule has 0 N–H and O–H groups in total. The second kappa shape index (κ2) is 4.33. The molecule has 3 unspecified atom stereocenters. The lowest BCUT2D eigenvalue weighted by atomic mass is 9.66. The van der Waals surface area contributed by atoms with E-state index in [4.69, 9.17) is 12.8 Å². The largest absolute Gasteiger partial charge is 0.321 e. The Morgan fingerprint density at radius 1 is 1.44 bits per heavy atom. The molecule has 0 saturated heterocycles. The Morgan fingerprint density at radius 2 is 2.22 bits per heavy atom. The number of thioether (sulfide) groups is 1. The van der Waals surface area contributed by atoms with Crippen molar-refractivity contribution in [1.29, 1.82) is 0 Å². The highest BCUT2D eigenvalue weighted by Gasteiger charge is 2.38. The van der Waals surface area contributed by atoms with Crippen molar-refractivity contribution >= 4 is 24.8 Å². The first-order valence-corrected chi connectivity index (χ1v) is 7.84. The number of hydrogen-bond acceptors (Lipinski definition) is 3. The van der Waals surface area contributed by atoms with E-state index in [0.29, 0.717) is 12.1 Å². The topological polar surface area (TPSA) is 15.6 Å². The summed E-state index contributed by atoms with van der Waals surface area (Å²) in [4.78, 5) is 8.79. The average molecular weight is 260 g/mol. The molecular weight excluding hydrogens is 239 g/mol. The fourth-order valence-electron chi connectivity index (χ4n) is 3.36. The van der Waals surface area contributed by atoms with Crippen molar-refractivity contribution in [3.8, 4) is 0 Å². The molecule has 1 aliphatic carbocycles. The van der Waals surface area contributed by atoms with Gasteiger partial charge in [-0.15, -0.1) is 0 Å². The monoisotopic (exact) mass is 260 g/mol. The van der Waals surface area contributed by atoms with Crippen LogP contribution in [-0.2, 0) is 0 Å². The molecule has 18 heavy (non-hydrogen) atoms. The minimum absolute atomic E-state index is 0.0336. The van der Waals surface area contributed by atoms with Crippen molar-refractivity contribution in [3.63, 3.8) is 0 Å². The minimum atomic E-state index is -0.0336. The Hall–Kier alpha value is -0.375. The minimum Gasteiger partial charge on any atom is -0.321 e. The predicted octanol–water partition coefficient (Wildman–Crippen LogP) is 3.70. The molecule has 3 atom stereocenters. The van der Waals surface area contributed by atoms with Crippen LogP contribution in [0, 0.1) is 0 Å². The molecule has 0 spiro atoms. The van der Waals surface area contributed by atoms with Crippen LogP contribution in [0.15, 0.2) is 15.6 Å². The summed E-state index contributed by atoms with van der Waals surface area (Å²) in [7, 11) is 6.38. The molecule has 3 rings (SSSR count). The summed E-state index contributed by atoms with van der Waals surface area (Å²) in [6.45, 7) is 6.74. The molecule has 0 aromatic carbocycles. The SMILES string of the molecule is [B]C1(C)CCCC2=C(C1)SC1=NC(C)CC(C)N12. The molecule has 2 radical (unpaired) electrons. The van der Waals surface area contributed by atoms with Gasteiger partial charge in [-0.2, -0.15) is 0 Å². The van der Waals surface area contributed by atoms with Gasteiger partial charge >= 0.3 is 0 Å². The van der Waals surface area contributed by atoms with E-state index < -0.39 is 0 Å². The van der Waals surface area contributed by atoms with Crippen LogP contribution < -0.4 is 0 Å². The number of fused-ring (bicyclic) bond motifs is 2. The number of aliphatic imine (C=N–C) groups is 1. The van der Waals surface area contributed by atoms with E-state index in [9.17, 15) is 0 Å². The average Bonchev–Trinajstić information content (AvgIpc) is 2.47. The summed E-state index contributed by atoms with van der Waals surface area (Å²) in [5.41, 5.74) is 1.52. The maximum atomic E-state index is 6.38. The van der Waals surface area contributed by atoms with Crippen LogP contribution in [0.1, 0.15) is 52.9 Å². The van der Waals surface area contributed by atoms with E-state index in [1.807, 2.05) is 11.8 Å². The number of rotatable bonds is 0. The normalized spacial score (nSPS) is 40.2. The fraction of sp³-hybridized carbons (Fsp3) is 0.786. The molecule has 0 bridgehead atoms. The third kappa shape index (κ3) is 2.13. The van der Waals surface area contributed by atoms with E-state index in [2.05, 4.69) is 25.7 Å². The van der Waals surface area contributed by atoms with Crippen LogP contribution in [0.3, 0.4) is 0 Å². The number of amidine groups is 1. The van der Waals surface area contributed by atoms with Crippen molar-refractivity contribution < 1.29 is 0 Å². The van der Waals surface area contributed by atoms with Crippen LogP contribution in [0.25, 0.3) is 0 Å². The van der Waals surface area contributed by atoms with Gasteiger partial charge in [-0.3, -0.25) is 4.99 Å². The standard InChI is InChI=1S/C14H21BN2S/c1-9-7-10(2)17-11-5-4-6-14(3,15)8-12(11)18-13(17)16-9/h9-10H,4-8H2,1-3H3. The maximum absolute atomic E-state index is 6.38. The van der Waals surface area contributed by atoms with E-state index >= 15 is 0 Å². The lowest BCUT2D eigenvalue weighted by Crippen LogP contribution is -2.39. The summed E-state index contributed by atoms with van der Waals surface area (Å²) in [6.07, 6.45) is 5.70. The van der Waals surface area contributed by atoms with Gasteiger partial charge in [0.25, 0.3) is 0 Å². The van der Waals surface area contributed by atoms with Gasteiger partial charge in [0.05, 0.1) is 13.9 Å². The number of hydrogen-bond donors (Lipinski definition) is 0. The predicted molar refractivity (Wildman–Crippen MR) is 80.0 cm³/mol. The Labute approximate surface area is 116 Å². The molecule has 4 heteroatoms. The van der Waals surface area contributed by atoms with Gasteiger partial charge in [-0.05, 0) is 39.5 Å². The molecule has 0 aromatic heterocycles. The third-order valence-corrected chi connectivity index (χ3v) is 5.32. The zero-order valence-corrected chi connectivity index (χ0v) is 12.4. The van der Waals surface area contributed by atoms with Gasteiger partial charge < -0.3 is 4.90 Å². The van der Waals surface area contributed by atoms with E-state index in [0.717, 1.165) is 12.8 Å². The highest BCUT2D eigenvalue weighted by Crippen LogP contribution is 2.50. The number of allylic oxidation sites excluding steroid dienone is 2. The summed E-state index contributed by atoms with van der Waals surface area (Å²) >= 11 is 1.88. The Balaban J connectivity index is 1.94. The van der Waals surface area contributed by atoms with Gasteiger partial charge in [0.15, 0.2) is 5.17 Å². The molecule has 0 amide bonds. The fourth-order valence-corrected chi connectivity index (χ4v) is 4.93. The van der Waals surface area contributed by atoms with Crippen LogP contribution >= 0.6 is 11.8 Å². The van der Waals surface area contributed by atoms with Gasteiger partial charge in [0.2, 0.25) is 0 Å². The summed E-state index contributed by atoms with van der Waals surface area (Å²) in [6, 6.07) is 1.06. The lowest BCUT2D eigenvalue weighted by Gasteiger charge is -2.34. The molecule has 0 saturated carbocycles. The molecule has 0 fully saturated rings. The molecule has 2 aliphatic heterocycles. The molecule has 3 aliphatic rings. The molecule has 0 aromatic rings. The van der Waals surface area contributed by atoms with Crippen LogP contribution in [0.4, 0.5) is 0 Å². The number of nitrogens with zero attached hydrogens (tertiary/aromatic N) is 2. The quantitative estimate of drug-likeness (QED) is 0.617. The first-order chi connectivity index (χ1) is 8.46. The molecule has 2 nitrogen and oxygen atoms in total. The van der Waals surface area contributed by atoms with Crippen molar-refractivity contribution in [1.82, 2.24) is 4.90 Å². The first kappa shape index (κ1) is 12.6. The maximum Gasteiger partial charge on any atom is 0.168 e. The van der Waals surface area contributed by atoms with E-state index in [1.165, 1.54) is 35.0 Å². The van der Waals surface area contributed by atoms with Gasteiger partial charge in [0, 0.05) is 16.6 Å². The van der Waals surface area contributed by atoms with Gasteiger partial charge in [0.1, 0.15) is 0 Å². The zero-order chi connectivity index (χ0) is 12.9. The van der Waals surface area contributed by atoms with E-state index in [-0.39, 0.29) is 5.31 Å². The van der Waals surface area contributed by atoms with Gasteiger partial charge in [-0.25, -0.2) is 0 Å². The summed E-state index contributed by atoms with van der Waals surface area (Å²) < 4.78 is 0. The molecular formula is C14H21BN2S. The summed E-state index contributed by atoms with van der Waals surface area (Å²) in [5.74, 6) is 0.